The molecule has 3 heterocycles. The summed E-state index contributed by atoms with van der Waals surface area (Å²) in [4.78, 5) is 24.5. The lowest BCUT2D eigenvalue weighted by Gasteiger charge is -2.39. The molecular formula is C23H30N4O. The number of allylic oxidation sites excluding steroid dienone is 1. The maximum Gasteiger partial charge on any atom is 0.251 e. The summed E-state index contributed by atoms with van der Waals surface area (Å²) in [6.45, 7) is 15.5. The molecule has 28 heavy (non-hydrogen) atoms. The Morgan fingerprint density at radius 3 is 2.75 bits per heavy atom. The zero-order valence-electron chi connectivity index (χ0n) is 16.8. The molecule has 1 aliphatic carbocycles. The van der Waals surface area contributed by atoms with Gasteiger partial charge in [-0.15, -0.1) is 0 Å². The number of aromatic nitrogens is 2. The van der Waals surface area contributed by atoms with Crippen LogP contribution in [0.1, 0.15) is 37.3 Å². The number of rotatable bonds is 5. The molecular weight excluding hydrogens is 348 g/mol. The summed E-state index contributed by atoms with van der Waals surface area (Å²) >= 11 is 0. The van der Waals surface area contributed by atoms with Crippen molar-refractivity contribution in [1.82, 2.24) is 19.8 Å². The van der Waals surface area contributed by atoms with Gasteiger partial charge in [0.2, 0.25) is 0 Å². The number of hydrogen-bond donors (Lipinski definition) is 1. The van der Waals surface area contributed by atoms with E-state index in [9.17, 15) is 4.79 Å². The minimum absolute atomic E-state index is 0.00502. The van der Waals surface area contributed by atoms with Crippen LogP contribution in [0, 0.1) is 5.92 Å². The molecule has 5 heteroatoms. The van der Waals surface area contributed by atoms with Gasteiger partial charge in [-0.3, -0.25) is 14.7 Å². The molecule has 2 aromatic rings. The standard InChI is InChI=1S/C23H30N4O/c1-4-19-13-21-22(25-23(19)28)12-18(14-24-21)15-26-8-10-27(11-9-26)17(3)20-7-5-6-16(20)2/h12-14,20H,2-11,15H2,1H3,(H,25,28). The van der Waals surface area contributed by atoms with E-state index in [1.54, 1.807) is 0 Å². The summed E-state index contributed by atoms with van der Waals surface area (Å²) in [5.74, 6) is 0.487. The van der Waals surface area contributed by atoms with Crippen LogP contribution in [0.4, 0.5) is 0 Å². The Labute approximate surface area is 166 Å². The number of fused-ring (bicyclic) bond motifs is 1. The molecule has 2 aromatic heterocycles. The predicted molar refractivity (Wildman–Crippen MR) is 114 cm³/mol. The zero-order valence-corrected chi connectivity index (χ0v) is 16.8. The SMILES string of the molecule is C=C1CCCC1C(=C)N1CCN(Cc2cnc3cc(CC)c(=O)[nH]c3c2)CC1. The van der Waals surface area contributed by atoms with Crippen LogP contribution in [0.25, 0.3) is 11.0 Å². The molecule has 5 nitrogen and oxygen atoms in total. The predicted octanol–water partition coefficient (Wildman–Crippen LogP) is 3.47. The Balaban J connectivity index is 1.38. The van der Waals surface area contributed by atoms with Gasteiger partial charge in [0.25, 0.3) is 5.56 Å². The van der Waals surface area contributed by atoms with Crippen molar-refractivity contribution in [3.8, 4) is 0 Å². The van der Waals surface area contributed by atoms with E-state index in [2.05, 4.69) is 39.0 Å². The minimum Gasteiger partial charge on any atom is -0.372 e. The topological polar surface area (TPSA) is 52.2 Å². The summed E-state index contributed by atoms with van der Waals surface area (Å²) in [6, 6.07) is 3.97. The normalized spacial score (nSPS) is 20.8. The van der Waals surface area contributed by atoms with E-state index in [1.807, 2.05) is 19.2 Å². The van der Waals surface area contributed by atoms with Crippen molar-refractivity contribution < 1.29 is 0 Å². The number of nitrogens with zero attached hydrogens (tertiary/aromatic N) is 3. The van der Waals surface area contributed by atoms with Crippen LogP contribution >= 0.6 is 0 Å². The van der Waals surface area contributed by atoms with Crippen LogP contribution in [-0.2, 0) is 13.0 Å². The summed E-state index contributed by atoms with van der Waals surface area (Å²) in [6.07, 6.45) is 6.27. The van der Waals surface area contributed by atoms with Crippen LogP contribution in [0.5, 0.6) is 0 Å². The molecule has 148 valence electrons. The van der Waals surface area contributed by atoms with E-state index >= 15 is 0 Å². The van der Waals surface area contributed by atoms with Gasteiger partial charge in [-0.1, -0.05) is 25.7 Å². The Morgan fingerprint density at radius 1 is 1.29 bits per heavy atom. The number of aryl methyl sites for hydroxylation is 1. The highest BCUT2D eigenvalue weighted by atomic mass is 16.1. The monoisotopic (exact) mass is 378 g/mol. The fraction of sp³-hybridized carbons (Fsp3) is 0.478. The summed E-state index contributed by atoms with van der Waals surface area (Å²) in [5, 5.41) is 0. The van der Waals surface area contributed by atoms with Crippen LogP contribution in [0.15, 0.2) is 47.6 Å². The third-order valence-corrected chi connectivity index (χ3v) is 6.28. The van der Waals surface area contributed by atoms with E-state index in [1.165, 1.54) is 24.1 Å². The molecule has 1 unspecified atom stereocenters. The minimum atomic E-state index is -0.00502. The average molecular weight is 379 g/mol. The number of hydrogen-bond acceptors (Lipinski definition) is 4. The molecule has 1 aliphatic heterocycles. The molecule has 1 atom stereocenters. The average Bonchev–Trinajstić information content (AvgIpc) is 3.13. The Kier molecular flexibility index (Phi) is 5.36. The third-order valence-electron chi connectivity index (χ3n) is 6.28. The molecule has 0 radical (unpaired) electrons. The molecule has 4 rings (SSSR count). The second-order valence-electron chi connectivity index (χ2n) is 8.11. The number of pyridine rings is 2. The van der Waals surface area contributed by atoms with Crippen molar-refractivity contribution >= 4 is 11.0 Å². The Bertz CT molecular complexity index is 953. The largest absolute Gasteiger partial charge is 0.372 e. The van der Waals surface area contributed by atoms with Gasteiger partial charge in [0, 0.05) is 56.1 Å². The van der Waals surface area contributed by atoms with Crippen molar-refractivity contribution in [2.75, 3.05) is 26.2 Å². The Hall–Kier alpha value is -2.40. The van der Waals surface area contributed by atoms with Crippen LogP contribution in [0.3, 0.4) is 0 Å². The van der Waals surface area contributed by atoms with Crippen LogP contribution < -0.4 is 5.56 Å². The first kappa shape index (κ1) is 18.9. The van der Waals surface area contributed by atoms with Gasteiger partial charge < -0.3 is 9.88 Å². The first-order valence-corrected chi connectivity index (χ1v) is 10.4. The quantitative estimate of drug-likeness (QED) is 0.810. The first-order valence-electron chi connectivity index (χ1n) is 10.4. The second-order valence-corrected chi connectivity index (χ2v) is 8.11. The van der Waals surface area contributed by atoms with Crippen LogP contribution in [0.2, 0.25) is 0 Å². The van der Waals surface area contributed by atoms with E-state index < -0.39 is 0 Å². The molecule has 2 fully saturated rings. The van der Waals surface area contributed by atoms with Gasteiger partial charge in [0.15, 0.2) is 0 Å². The third kappa shape index (κ3) is 3.76. The lowest BCUT2D eigenvalue weighted by atomic mass is 9.99. The van der Waals surface area contributed by atoms with Crippen LogP contribution in [-0.4, -0.2) is 45.9 Å². The van der Waals surface area contributed by atoms with Crippen molar-refractivity contribution in [3.63, 3.8) is 0 Å². The van der Waals surface area contributed by atoms with Crippen molar-refractivity contribution in [2.24, 2.45) is 5.92 Å². The smallest absolute Gasteiger partial charge is 0.251 e. The second kappa shape index (κ2) is 7.92. The highest BCUT2D eigenvalue weighted by Gasteiger charge is 2.27. The molecule has 0 aromatic carbocycles. The number of H-pyrrole nitrogens is 1. The van der Waals surface area contributed by atoms with E-state index in [4.69, 9.17) is 0 Å². The maximum atomic E-state index is 12.1. The Morgan fingerprint density at radius 2 is 2.07 bits per heavy atom. The fourth-order valence-corrected chi connectivity index (χ4v) is 4.50. The van der Waals surface area contributed by atoms with E-state index in [-0.39, 0.29) is 5.56 Å². The van der Waals surface area contributed by atoms with Crippen molar-refractivity contribution in [3.05, 3.63) is 64.2 Å². The number of aromatic amines is 1. The molecule has 1 N–H and O–H groups in total. The lowest BCUT2D eigenvalue weighted by Crippen LogP contribution is -2.46. The van der Waals surface area contributed by atoms with Gasteiger partial charge in [0.1, 0.15) is 0 Å². The van der Waals surface area contributed by atoms with Crippen molar-refractivity contribution in [2.45, 2.75) is 39.2 Å². The van der Waals surface area contributed by atoms with Crippen molar-refractivity contribution in [1.29, 1.82) is 0 Å². The van der Waals surface area contributed by atoms with Gasteiger partial charge in [0.05, 0.1) is 11.0 Å². The number of piperazine rings is 1. The number of nitrogens with one attached hydrogen (secondary N) is 1. The fourth-order valence-electron chi connectivity index (χ4n) is 4.50. The zero-order chi connectivity index (χ0) is 19.7. The molecule has 2 aliphatic rings. The maximum absolute atomic E-state index is 12.1. The van der Waals surface area contributed by atoms with E-state index in [0.717, 1.165) is 67.7 Å². The first-order chi connectivity index (χ1) is 13.5. The summed E-state index contributed by atoms with van der Waals surface area (Å²) in [5.41, 5.74) is 6.23. The molecule has 0 amide bonds. The van der Waals surface area contributed by atoms with Gasteiger partial charge in [-0.2, -0.15) is 0 Å². The molecule has 0 bridgehead atoms. The summed E-state index contributed by atoms with van der Waals surface area (Å²) in [7, 11) is 0. The highest BCUT2D eigenvalue weighted by molar-refractivity contribution is 5.74. The molecule has 1 saturated heterocycles. The highest BCUT2D eigenvalue weighted by Crippen LogP contribution is 2.36. The summed E-state index contributed by atoms with van der Waals surface area (Å²) < 4.78 is 0. The van der Waals surface area contributed by atoms with E-state index in [0.29, 0.717) is 5.92 Å². The van der Waals surface area contributed by atoms with Gasteiger partial charge >= 0.3 is 0 Å². The molecule has 0 spiro atoms. The van der Waals surface area contributed by atoms with Gasteiger partial charge in [-0.05, 0) is 43.4 Å². The lowest BCUT2D eigenvalue weighted by molar-refractivity contribution is 0.146. The van der Waals surface area contributed by atoms with Gasteiger partial charge in [-0.25, -0.2) is 0 Å². The molecule has 1 saturated carbocycles.